The molecule has 2 rings (SSSR count). The van der Waals surface area contributed by atoms with Crippen LogP contribution in [0.2, 0.25) is 5.02 Å². The molecule has 0 unspecified atom stereocenters. The van der Waals surface area contributed by atoms with E-state index < -0.39 is 17.4 Å². The summed E-state index contributed by atoms with van der Waals surface area (Å²) in [7, 11) is 0. The number of carboxylic acid groups (broad SMARTS) is 1. The third-order valence-electron chi connectivity index (χ3n) is 4.01. The number of unbranched alkanes of at least 4 members (excludes halogenated alkanes) is 1. The first-order chi connectivity index (χ1) is 9.99. The number of carbonyl (C=O) groups excluding carboxylic acids is 1. The fourth-order valence-electron chi connectivity index (χ4n) is 2.52. The highest BCUT2D eigenvalue weighted by Gasteiger charge is 2.51. The van der Waals surface area contributed by atoms with Crippen molar-refractivity contribution in [2.75, 3.05) is 0 Å². The molecular formula is C16H20ClNO3. The molecule has 1 fully saturated rings. The smallest absolute Gasteiger partial charge is 0.326 e. The van der Waals surface area contributed by atoms with Gasteiger partial charge in [0.15, 0.2) is 0 Å². The van der Waals surface area contributed by atoms with E-state index in [0.29, 0.717) is 11.4 Å². The van der Waals surface area contributed by atoms with Gasteiger partial charge in [-0.25, -0.2) is 4.79 Å². The van der Waals surface area contributed by atoms with Crippen LogP contribution in [0.25, 0.3) is 0 Å². The Bertz CT molecular complexity index is 540. The van der Waals surface area contributed by atoms with Crippen LogP contribution < -0.4 is 5.32 Å². The number of hydrogen-bond acceptors (Lipinski definition) is 2. The highest BCUT2D eigenvalue weighted by atomic mass is 35.5. The summed E-state index contributed by atoms with van der Waals surface area (Å²) in [6.07, 6.45) is 3.61. The first kappa shape index (κ1) is 15.8. The van der Waals surface area contributed by atoms with E-state index in [2.05, 4.69) is 5.32 Å². The molecule has 114 valence electrons. The van der Waals surface area contributed by atoms with Crippen LogP contribution in [0, 0.1) is 0 Å². The summed E-state index contributed by atoms with van der Waals surface area (Å²) in [5.74, 6) is -1.17. The van der Waals surface area contributed by atoms with Crippen LogP contribution in [0.1, 0.15) is 44.6 Å². The van der Waals surface area contributed by atoms with E-state index in [1.807, 2.05) is 19.1 Å². The minimum absolute atomic E-state index is 0.201. The van der Waals surface area contributed by atoms with Crippen molar-refractivity contribution in [2.24, 2.45) is 0 Å². The standard InChI is InChI=1S/C16H20ClNO3/c1-2-3-7-13(14(19)20)18-15(21)16(8-9-16)11-5-4-6-12(17)10-11/h4-6,10,13H,2-3,7-9H2,1H3,(H,18,21)(H,19,20)/t13-/m0/s1. The second-order valence-electron chi connectivity index (χ2n) is 5.60. The van der Waals surface area contributed by atoms with E-state index >= 15 is 0 Å². The van der Waals surface area contributed by atoms with Crippen molar-refractivity contribution in [2.45, 2.75) is 50.5 Å². The van der Waals surface area contributed by atoms with Crippen LogP contribution in [0.15, 0.2) is 24.3 Å². The van der Waals surface area contributed by atoms with Gasteiger partial charge in [0.25, 0.3) is 0 Å². The van der Waals surface area contributed by atoms with Crippen LogP contribution in [0.3, 0.4) is 0 Å². The van der Waals surface area contributed by atoms with Gasteiger partial charge in [0.2, 0.25) is 5.91 Å². The Morgan fingerprint density at radius 3 is 2.67 bits per heavy atom. The van der Waals surface area contributed by atoms with Crippen molar-refractivity contribution < 1.29 is 14.7 Å². The number of hydrogen-bond donors (Lipinski definition) is 2. The zero-order chi connectivity index (χ0) is 15.5. The van der Waals surface area contributed by atoms with E-state index in [0.717, 1.165) is 31.2 Å². The Morgan fingerprint density at radius 2 is 2.14 bits per heavy atom. The fourth-order valence-corrected chi connectivity index (χ4v) is 2.71. The molecule has 0 saturated heterocycles. The van der Waals surface area contributed by atoms with Crippen molar-refractivity contribution in [3.63, 3.8) is 0 Å². The molecule has 1 amide bonds. The molecule has 1 aromatic rings. The molecule has 0 aliphatic heterocycles. The lowest BCUT2D eigenvalue weighted by molar-refractivity contribution is -0.142. The average molecular weight is 310 g/mol. The minimum atomic E-state index is -0.973. The third-order valence-corrected chi connectivity index (χ3v) is 4.25. The summed E-state index contributed by atoms with van der Waals surface area (Å²) in [6.45, 7) is 2.00. The molecule has 1 atom stereocenters. The van der Waals surface area contributed by atoms with Crippen molar-refractivity contribution in [1.29, 1.82) is 0 Å². The second-order valence-corrected chi connectivity index (χ2v) is 6.04. The number of carbonyl (C=O) groups is 2. The van der Waals surface area contributed by atoms with Crippen molar-refractivity contribution >= 4 is 23.5 Å². The lowest BCUT2D eigenvalue weighted by Crippen LogP contribution is -2.45. The first-order valence-corrected chi connectivity index (χ1v) is 7.67. The van der Waals surface area contributed by atoms with Crippen LogP contribution >= 0.6 is 11.6 Å². The maximum atomic E-state index is 12.5. The highest BCUT2D eigenvalue weighted by molar-refractivity contribution is 6.30. The predicted molar refractivity (Wildman–Crippen MR) is 81.5 cm³/mol. The first-order valence-electron chi connectivity index (χ1n) is 7.29. The second kappa shape index (κ2) is 6.48. The molecular weight excluding hydrogens is 290 g/mol. The van der Waals surface area contributed by atoms with Gasteiger partial charge in [-0.05, 0) is 37.0 Å². The molecule has 0 spiro atoms. The molecule has 21 heavy (non-hydrogen) atoms. The van der Waals surface area contributed by atoms with Crippen molar-refractivity contribution in [3.05, 3.63) is 34.9 Å². The average Bonchev–Trinajstić information content (AvgIpc) is 3.24. The largest absolute Gasteiger partial charge is 0.480 e. The third kappa shape index (κ3) is 3.56. The van der Waals surface area contributed by atoms with Gasteiger partial charge in [-0.15, -0.1) is 0 Å². The molecule has 2 N–H and O–H groups in total. The number of benzene rings is 1. The molecule has 0 bridgehead atoms. The van der Waals surface area contributed by atoms with Gasteiger partial charge in [-0.3, -0.25) is 4.79 Å². The van der Waals surface area contributed by atoms with E-state index in [4.69, 9.17) is 11.6 Å². The SMILES string of the molecule is CCCC[C@H](NC(=O)C1(c2cccc(Cl)c2)CC1)C(=O)O. The Labute approximate surface area is 129 Å². The number of halogens is 1. The monoisotopic (exact) mass is 309 g/mol. The normalized spacial score (nSPS) is 17.0. The van der Waals surface area contributed by atoms with Crippen molar-refractivity contribution in [3.8, 4) is 0 Å². The summed E-state index contributed by atoms with van der Waals surface area (Å²) in [5, 5.41) is 12.5. The maximum absolute atomic E-state index is 12.5. The summed E-state index contributed by atoms with van der Waals surface area (Å²) in [5.41, 5.74) is 0.275. The lowest BCUT2D eigenvalue weighted by Gasteiger charge is -2.20. The molecule has 5 heteroatoms. The summed E-state index contributed by atoms with van der Waals surface area (Å²) < 4.78 is 0. The lowest BCUT2D eigenvalue weighted by atomic mass is 9.94. The van der Waals surface area contributed by atoms with Crippen LogP contribution in [-0.4, -0.2) is 23.0 Å². The van der Waals surface area contributed by atoms with Crippen LogP contribution in [0.4, 0.5) is 0 Å². The molecule has 0 radical (unpaired) electrons. The number of amides is 1. The Kier molecular flexibility index (Phi) is 4.88. The molecule has 1 aromatic carbocycles. The molecule has 0 aromatic heterocycles. The van der Waals surface area contributed by atoms with E-state index in [1.54, 1.807) is 12.1 Å². The van der Waals surface area contributed by atoms with E-state index in [9.17, 15) is 14.7 Å². The fraction of sp³-hybridized carbons (Fsp3) is 0.500. The van der Waals surface area contributed by atoms with Gasteiger partial charge < -0.3 is 10.4 Å². The Balaban J connectivity index is 2.10. The van der Waals surface area contributed by atoms with Gasteiger partial charge in [-0.2, -0.15) is 0 Å². The molecule has 1 aliphatic rings. The summed E-state index contributed by atoms with van der Waals surface area (Å²) in [6, 6.07) is 6.43. The Hall–Kier alpha value is -1.55. The molecule has 0 heterocycles. The number of carboxylic acids is 1. The van der Waals surface area contributed by atoms with Crippen LogP contribution in [-0.2, 0) is 15.0 Å². The Morgan fingerprint density at radius 1 is 1.43 bits per heavy atom. The van der Waals surface area contributed by atoms with E-state index in [1.165, 1.54) is 0 Å². The predicted octanol–water partition coefficient (Wildman–Crippen LogP) is 3.13. The zero-order valence-electron chi connectivity index (χ0n) is 12.1. The quantitative estimate of drug-likeness (QED) is 0.813. The van der Waals surface area contributed by atoms with Gasteiger partial charge in [0.05, 0.1) is 5.41 Å². The molecule has 4 nitrogen and oxygen atoms in total. The van der Waals surface area contributed by atoms with Crippen molar-refractivity contribution in [1.82, 2.24) is 5.32 Å². The maximum Gasteiger partial charge on any atom is 0.326 e. The topological polar surface area (TPSA) is 66.4 Å². The summed E-state index contributed by atoms with van der Waals surface area (Å²) >= 11 is 5.98. The molecule has 1 saturated carbocycles. The van der Waals surface area contributed by atoms with Gasteiger partial charge in [0, 0.05) is 5.02 Å². The molecule has 1 aliphatic carbocycles. The summed E-state index contributed by atoms with van der Waals surface area (Å²) in [4.78, 5) is 23.7. The number of rotatable bonds is 7. The zero-order valence-corrected chi connectivity index (χ0v) is 12.8. The van der Waals surface area contributed by atoms with E-state index in [-0.39, 0.29) is 5.91 Å². The number of aliphatic carboxylic acids is 1. The van der Waals surface area contributed by atoms with Gasteiger partial charge >= 0.3 is 5.97 Å². The highest BCUT2D eigenvalue weighted by Crippen LogP contribution is 2.48. The minimum Gasteiger partial charge on any atom is -0.480 e. The van der Waals surface area contributed by atoms with Gasteiger partial charge in [0.1, 0.15) is 6.04 Å². The van der Waals surface area contributed by atoms with Gasteiger partial charge in [-0.1, -0.05) is 43.5 Å². The number of nitrogens with one attached hydrogen (secondary N) is 1. The van der Waals surface area contributed by atoms with Crippen LogP contribution in [0.5, 0.6) is 0 Å².